The maximum absolute atomic E-state index is 13.8. The fourth-order valence-corrected chi connectivity index (χ4v) is 2.97. The van der Waals surface area contributed by atoms with Crippen LogP contribution in [0.15, 0.2) is 30.6 Å². The van der Waals surface area contributed by atoms with Crippen molar-refractivity contribution in [1.29, 1.82) is 0 Å². The second-order valence-corrected chi connectivity index (χ2v) is 5.46. The normalized spacial score (nSPS) is 18.0. The molecular weight excluding hydrogens is 303 g/mol. The quantitative estimate of drug-likeness (QED) is 0.640. The van der Waals surface area contributed by atoms with Crippen LogP contribution in [0.2, 0.25) is 0 Å². The summed E-state index contributed by atoms with van der Waals surface area (Å²) in [5.74, 6) is -0.726. The maximum atomic E-state index is 13.8. The van der Waals surface area contributed by atoms with Crippen molar-refractivity contribution in [2.24, 2.45) is 0 Å². The van der Waals surface area contributed by atoms with Gasteiger partial charge in [0.15, 0.2) is 11.6 Å². The molecule has 0 saturated carbocycles. The third-order valence-electron chi connectivity index (χ3n) is 4.08. The number of nitro groups is 1. The maximum Gasteiger partial charge on any atom is 0.295 e. The molecule has 0 spiro atoms. The van der Waals surface area contributed by atoms with Gasteiger partial charge >= 0.3 is 0 Å². The second kappa shape index (κ2) is 6.23. The van der Waals surface area contributed by atoms with Crippen LogP contribution in [-0.2, 0) is 0 Å². The summed E-state index contributed by atoms with van der Waals surface area (Å²) in [6, 6.07) is 4.31. The lowest BCUT2D eigenvalue weighted by molar-refractivity contribution is -0.384. The van der Waals surface area contributed by atoms with Crippen LogP contribution in [-0.4, -0.2) is 34.9 Å². The predicted molar refractivity (Wildman–Crippen MR) is 82.3 cm³/mol. The van der Waals surface area contributed by atoms with Crippen LogP contribution >= 0.6 is 0 Å². The predicted octanol–water partition coefficient (Wildman–Crippen LogP) is 2.78. The number of halogens is 1. The summed E-state index contributed by atoms with van der Waals surface area (Å²) in [6.07, 6.45) is 5.42. The molecule has 1 unspecified atom stereocenters. The molecular formula is C15H17FN4O3. The first-order valence-corrected chi connectivity index (χ1v) is 7.36. The molecule has 1 aliphatic rings. The van der Waals surface area contributed by atoms with Crippen LogP contribution in [0.1, 0.15) is 18.9 Å². The van der Waals surface area contributed by atoms with Gasteiger partial charge in [0.2, 0.25) is 0 Å². The van der Waals surface area contributed by atoms with Gasteiger partial charge in [0.25, 0.3) is 5.69 Å². The molecule has 0 N–H and O–H groups in total. The van der Waals surface area contributed by atoms with Crippen LogP contribution in [0.25, 0.3) is 0 Å². The van der Waals surface area contributed by atoms with Crippen molar-refractivity contribution in [2.45, 2.75) is 18.9 Å². The van der Waals surface area contributed by atoms with E-state index in [-0.39, 0.29) is 17.5 Å². The number of rotatable bonds is 4. The van der Waals surface area contributed by atoms with Crippen molar-refractivity contribution in [3.8, 4) is 5.75 Å². The van der Waals surface area contributed by atoms with Crippen LogP contribution in [0.3, 0.4) is 0 Å². The fraction of sp³-hybridized carbons (Fsp3) is 0.400. The van der Waals surface area contributed by atoms with Gasteiger partial charge in [-0.1, -0.05) is 0 Å². The highest BCUT2D eigenvalue weighted by molar-refractivity contribution is 5.66. The summed E-state index contributed by atoms with van der Waals surface area (Å²) in [6.45, 7) is 1.25. The summed E-state index contributed by atoms with van der Waals surface area (Å²) in [5, 5.41) is 15.5. The molecule has 1 fully saturated rings. The van der Waals surface area contributed by atoms with Crippen LogP contribution < -0.4 is 9.64 Å². The standard InChI is InChI=1S/C15H17FN4O3/c1-23-15-9-13(14(20(21)22)8-12(15)16)18-6-2-4-11(10-18)19-7-3-5-17-19/h3,5,7-9,11H,2,4,6,10H2,1H3. The van der Waals surface area contributed by atoms with E-state index in [1.807, 2.05) is 21.8 Å². The van der Waals surface area contributed by atoms with Crippen molar-refractivity contribution in [3.05, 3.63) is 46.5 Å². The molecule has 0 bridgehead atoms. The van der Waals surface area contributed by atoms with E-state index in [0.717, 1.165) is 18.9 Å². The van der Waals surface area contributed by atoms with Crippen LogP contribution in [0.4, 0.5) is 15.8 Å². The minimum absolute atomic E-state index is 0.00631. The SMILES string of the molecule is COc1cc(N2CCCC(n3cccn3)C2)c([N+](=O)[O-])cc1F. The highest BCUT2D eigenvalue weighted by Gasteiger charge is 2.28. The lowest BCUT2D eigenvalue weighted by atomic mass is 10.0. The number of ether oxygens (including phenoxy) is 1. The van der Waals surface area contributed by atoms with Gasteiger partial charge in [-0.15, -0.1) is 0 Å². The molecule has 3 rings (SSSR count). The largest absolute Gasteiger partial charge is 0.494 e. The minimum Gasteiger partial charge on any atom is -0.494 e. The fourth-order valence-electron chi connectivity index (χ4n) is 2.97. The third kappa shape index (κ3) is 2.96. The van der Waals surface area contributed by atoms with Crippen molar-refractivity contribution < 1.29 is 14.1 Å². The number of piperidine rings is 1. The van der Waals surface area contributed by atoms with E-state index < -0.39 is 10.7 Å². The number of benzene rings is 1. The molecule has 23 heavy (non-hydrogen) atoms. The molecule has 0 amide bonds. The van der Waals surface area contributed by atoms with E-state index >= 15 is 0 Å². The lowest BCUT2D eigenvalue weighted by Crippen LogP contribution is -2.37. The van der Waals surface area contributed by atoms with Gasteiger partial charge in [0, 0.05) is 31.5 Å². The van der Waals surface area contributed by atoms with Gasteiger partial charge in [-0.3, -0.25) is 14.8 Å². The summed E-state index contributed by atoms with van der Waals surface area (Å²) < 4.78 is 20.6. The molecule has 2 heterocycles. The molecule has 122 valence electrons. The number of aromatic nitrogens is 2. The van der Waals surface area contributed by atoms with E-state index in [0.29, 0.717) is 18.8 Å². The molecule has 0 radical (unpaired) electrons. The van der Waals surface area contributed by atoms with Gasteiger partial charge in [-0.25, -0.2) is 4.39 Å². The van der Waals surface area contributed by atoms with Crippen molar-refractivity contribution in [1.82, 2.24) is 9.78 Å². The highest BCUT2D eigenvalue weighted by atomic mass is 19.1. The Kier molecular flexibility index (Phi) is 4.14. The molecule has 1 saturated heterocycles. The van der Waals surface area contributed by atoms with Gasteiger partial charge in [0.05, 0.1) is 24.1 Å². The lowest BCUT2D eigenvalue weighted by Gasteiger charge is -2.34. The van der Waals surface area contributed by atoms with Gasteiger partial charge in [-0.2, -0.15) is 5.10 Å². The van der Waals surface area contributed by atoms with E-state index in [1.165, 1.54) is 13.2 Å². The number of hydrogen-bond donors (Lipinski definition) is 0. The molecule has 2 aromatic rings. The Labute approximate surface area is 132 Å². The molecule has 1 aliphatic heterocycles. The Morgan fingerprint density at radius 3 is 2.96 bits per heavy atom. The zero-order valence-corrected chi connectivity index (χ0v) is 12.7. The van der Waals surface area contributed by atoms with Crippen molar-refractivity contribution in [2.75, 3.05) is 25.1 Å². The van der Waals surface area contributed by atoms with Crippen LogP contribution in [0.5, 0.6) is 5.75 Å². The van der Waals surface area contributed by atoms with E-state index in [1.54, 1.807) is 6.20 Å². The summed E-state index contributed by atoms with van der Waals surface area (Å²) >= 11 is 0. The smallest absolute Gasteiger partial charge is 0.295 e. The third-order valence-corrected chi connectivity index (χ3v) is 4.08. The van der Waals surface area contributed by atoms with Gasteiger partial charge < -0.3 is 9.64 Å². The molecule has 1 aromatic heterocycles. The molecule has 1 aromatic carbocycles. The Bertz CT molecular complexity index is 705. The Morgan fingerprint density at radius 2 is 2.30 bits per heavy atom. The van der Waals surface area contributed by atoms with Crippen LogP contribution in [0, 0.1) is 15.9 Å². The second-order valence-electron chi connectivity index (χ2n) is 5.46. The number of hydrogen-bond acceptors (Lipinski definition) is 5. The van der Waals surface area contributed by atoms with E-state index in [9.17, 15) is 14.5 Å². The topological polar surface area (TPSA) is 73.4 Å². The number of nitrogens with zero attached hydrogens (tertiary/aromatic N) is 4. The summed E-state index contributed by atoms with van der Waals surface area (Å²) in [5.41, 5.74) is 0.134. The van der Waals surface area contributed by atoms with Crippen molar-refractivity contribution in [3.63, 3.8) is 0 Å². The Hall–Kier alpha value is -2.64. The number of nitro benzene ring substituents is 1. The average molecular weight is 320 g/mol. The minimum atomic E-state index is -0.733. The summed E-state index contributed by atoms with van der Waals surface area (Å²) in [4.78, 5) is 12.6. The first-order chi connectivity index (χ1) is 11.1. The first-order valence-electron chi connectivity index (χ1n) is 7.36. The Balaban J connectivity index is 1.95. The zero-order chi connectivity index (χ0) is 16.4. The van der Waals surface area contributed by atoms with Crippen molar-refractivity contribution >= 4 is 11.4 Å². The monoisotopic (exact) mass is 320 g/mol. The number of anilines is 1. The van der Waals surface area contributed by atoms with Gasteiger partial charge in [0.1, 0.15) is 5.69 Å². The number of methoxy groups -OCH3 is 1. The summed E-state index contributed by atoms with van der Waals surface area (Å²) in [7, 11) is 1.34. The first kappa shape index (κ1) is 15.3. The molecule has 7 nitrogen and oxygen atoms in total. The molecule has 8 heteroatoms. The Morgan fingerprint density at radius 1 is 1.48 bits per heavy atom. The van der Waals surface area contributed by atoms with E-state index in [2.05, 4.69) is 5.10 Å². The van der Waals surface area contributed by atoms with E-state index in [4.69, 9.17) is 4.74 Å². The zero-order valence-electron chi connectivity index (χ0n) is 12.7. The average Bonchev–Trinajstić information content (AvgIpc) is 3.09. The highest BCUT2D eigenvalue weighted by Crippen LogP contribution is 2.37. The molecule has 1 atom stereocenters. The molecule has 0 aliphatic carbocycles. The van der Waals surface area contributed by atoms with Gasteiger partial charge in [-0.05, 0) is 18.9 Å².